The lowest BCUT2D eigenvalue weighted by Crippen LogP contribution is -1.99. The molecule has 0 saturated carbocycles. The van der Waals surface area contributed by atoms with Crippen LogP contribution in [0, 0.1) is 5.92 Å². The van der Waals surface area contributed by atoms with E-state index in [-0.39, 0.29) is 0 Å². The predicted molar refractivity (Wildman–Crippen MR) is 71.2 cm³/mol. The van der Waals surface area contributed by atoms with Gasteiger partial charge in [0.25, 0.3) is 0 Å². The Labute approximate surface area is 97.2 Å². The number of allylic oxidation sites excluding steroid dienone is 2. The van der Waals surface area contributed by atoms with Crippen LogP contribution in [0.25, 0.3) is 0 Å². The van der Waals surface area contributed by atoms with E-state index in [1.54, 1.807) is 11.1 Å². The summed E-state index contributed by atoms with van der Waals surface area (Å²) in [6.45, 7) is 11.6. The minimum Gasteiger partial charge on any atom is -0.0741 e. The Morgan fingerprint density at radius 1 is 0.933 bits per heavy atom. The van der Waals surface area contributed by atoms with E-state index in [2.05, 4.69) is 34.6 Å². The van der Waals surface area contributed by atoms with Crippen LogP contribution in [-0.2, 0) is 0 Å². The van der Waals surface area contributed by atoms with Crippen LogP contribution >= 0.6 is 0 Å². The van der Waals surface area contributed by atoms with Gasteiger partial charge in [-0.2, -0.15) is 0 Å². The molecular weight excluding hydrogens is 180 g/mol. The first-order chi connectivity index (χ1) is 7.13. The third-order valence-corrected chi connectivity index (χ3v) is 3.56. The van der Waals surface area contributed by atoms with Crippen molar-refractivity contribution >= 4 is 0 Å². The molecule has 0 radical (unpaired) electrons. The topological polar surface area (TPSA) is 0 Å². The van der Waals surface area contributed by atoms with E-state index in [9.17, 15) is 0 Å². The van der Waals surface area contributed by atoms with Gasteiger partial charge in [0.2, 0.25) is 0 Å². The lowest BCUT2D eigenvalue weighted by Gasteiger charge is -2.15. The number of hydrogen-bond acceptors (Lipinski definition) is 0. The van der Waals surface area contributed by atoms with Crippen LogP contribution in [0.15, 0.2) is 11.1 Å². The molecule has 0 rings (SSSR count). The highest BCUT2D eigenvalue weighted by molar-refractivity contribution is 5.12. The fourth-order valence-electron chi connectivity index (χ4n) is 1.98. The molecule has 0 aliphatic carbocycles. The van der Waals surface area contributed by atoms with E-state index >= 15 is 0 Å². The molecule has 0 saturated heterocycles. The molecule has 0 amide bonds. The summed E-state index contributed by atoms with van der Waals surface area (Å²) in [5.74, 6) is 0.799. The minimum atomic E-state index is 0.799. The van der Waals surface area contributed by atoms with E-state index in [1.165, 1.54) is 44.9 Å². The van der Waals surface area contributed by atoms with Crippen molar-refractivity contribution < 1.29 is 0 Å². The van der Waals surface area contributed by atoms with Crippen LogP contribution in [0.2, 0.25) is 0 Å². The second kappa shape index (κ2) is 9.00. The second-order valence-corrected chi connectivity index (χ2v) is 4.96. The largest absolute Gasteiger partial charge is 0.0741 e. The monoisotopic (exact) mass is 210 g/mol. The van der Waals surface area contributed by atoms with Crippen LogP contribution in [0.4, 0.5) is 0 Å². The molecule has 0 aliphatic rings. The molecule has 0 heteroatoms. The summed E-state index contributed by atoms with van der Waals surface area (Å²) in [4.78, 5) is 0. The Morgan fingerprint density at radius 2 is 1.53 bits per heavy atom. The van der Waals surface area contributed by atoms with Gasteiger partial charge in [0.15, 0.2) is 0 Å². The van der Waals surface area contributed by atoms with E-state index in [1.807, 2.05) is 0 Å². The van der Waals surface area contributed by atoms with Gasteiger partial charge in [0, 0.05) is 0 Å². The lowest BCUT2D eigenvalue weighted by molar-refractivity contribution is 0.547. The molecule has 0 N–H and O–H groups in total. The number of hydrogen-bond donors (Lipinski definition) is 0. The molecular formula is C15H30. The molecule has 1 unspecified atom stereocenters. The third kappa shape index (κ3) is 6.76. The predicted octanol–water partition coefficient (Wildman–Crippen LogP) is 5.73. The first-order valence-corrected chi connectivity index (χ1v) is 6.79. The van der Waals surface area contributed by atoms with Gasteiger partial charge in [-0.3, -0.25) is 0 Å². The van der Waals surface area contributed by atoms with Crippen molar-refractivity contribution in [3.8, 4) is 0 Å². The van der Waals surface area contributed by atoms with Gasteiger partial charge in [-0.05, 0) is 39.0 Å². The molecule has 0 aromatic carbocycles. The zero-order chi connectivity index (χ0) is 11.7. The highest BCUT2D eigenvalue weighted by Crippen LogP contribution is 2.23. The molecule has 0 spiro atoms. The standard InChI is InChI=1S/C15H30/c1-6-8-10-12-14(4)15(5)13(3)11-9-7-2/h14H,6-12H2,1-5H3. The van der Waals surface area contributed by atoms with Crippen LogP contribution in [0.1, 0.15) is 79.6 Å². The van der Waals surface area contributed by atoms with E-state index in [0.29, 0.717) is 0 Å². The zero-order valence-electron chi connectivity index (χ0n) is 11.5. The van der Waals surface area contributed by atoms with Gasteiger partial charge in [-0.1, -0.05) is 57.6 Å². The summed E-state index contributed by atoms with van der Waals surface area (Å²) in [5, 5.41) is 0. The Hall–Kier alpha value is -0.260. The Morgan fingerprint density at radius 3 is 2.07 bits per heavy atom. The maximum Gasteiger partial charge on any atom is -0.0232 e. The van der Waals surface area contributed by atoms with Gasteiger partial charge in [-0.15, -0.1) is 0 Å². The summed E-state index contributed by atoms with van der Waals surface area (Å²) in [7, 11) is 0. The average Bonchev–Trinajstić information content (AvgIpc) is 2.24. The smallest absolute Gasteiger partial charge is 0.0232 e. The quantitative estimate of drug-likeness (QED) is 0.354. The first-order valence-electron chi connectivity index (χ1n) is 6.79. The maximum atomic E-state index is 2.39. The molecule has 0 bridgehead atoms. The van der Waals surface area contributed by atoms with Crippen LogP contribution < -0.4 is 0 Å². The lowest BCUT2D eigenvalue weighted by atomic mass is 9.91. The minimum absolute atomic E-state index is 0.799. The van der Waals surface area contributed by atoms with Crippen molar-refractivity contribution in [2.24, 2.45) is 5.92 Å². The summed E-state index contributed by atoms with van der Waals surface area (Å²) in [6.07, 6.45) is 9.48. The molecule has 0 heterocycles. The summed E-state index contributed by atoms with van der Waals surface area (Å²) in [5.41, 5.74) is 3.29. The molecule has 15 heavy (non-hydrogen) atoms. The highest BCUT2D eigenvalue weighted by Gasteiger charge is 2.06. The Balaban J connectivity index is 3.97. The van der Waals surface area contributed by atoms with Crippen molar-refractivity contribution in [2.75, 3.05) is 0 Å². The summed E-state index contributed by atoms with van der Waals surface area (Å²) < 4.78 is 0. The number of rotatable bonds is 8. The van der Waals surface area contributed by atoms with E-state index < -0.39 is 0 Å². The van der Waals surface area contributed by atoms with Gasteiger partial charge in [0.05, 0.1) is 0 Å². The molecule has 0 fully saturated rings. The number of unbranched alkanes of at least 4 members (excludes halogenated alkanes) is 3. The molecule has 0 aromatic rings. The Bertz CT molecular complexity index is 176. The van der Waals surface area contributed by atoms with Gasteiger partial charge >= 0.3 is 0 Å². The van der Waals surface area contributed by atoms with Crippen molar-refractivity contribution in [2.45, 2.75) is 79.6 Å². The molecule has 1 atom stereocenters. The highest BCUT2D eigenvalue weighted by atomic mass is 14.1. The average molecular weight is 210 g/mol. The fraction of sp³-hybridized carbons (Fsp3) is 0.867. The van der Waals surface area contributed by atoms with Crippen LogP contribution in [-0.4, -0.2) is 0 Å². The zero-order valence-corrected chi connectivity index (χ0v) is 11.5. The van der Waals surface area contributed by atoms with Crippen molar-refractivity contribution in [3.63, 3.8) is 0 Å². The normalized spacial score (nSPS) is 15.0. The maximum absolute atomic E-state index is 2.39. The van der Waals surface area contributed by atoms with E-state index in [4.69, 9.17) is 0 Å². The molecule has 90 valence electrons. The van der Waals surface area contributed by atoms with Gasteiger partial charge in [0.1, 0.15) is 0 Å². The van der Waals surface area contributed by atoms with E-state index in [0.717, 1.165) is 5.92 Å². The van der Waals surface area contributed by atoms with Crippen LogP contribution in [0.3, 0.4) is 0 Å². The Kier molecular flexibility index (Phi) is 8.85. The van der Waals surface area contributed by atoms with Crippen LogP contribution in [0.5, 0.6) is 0 Å². The molecule has 0 nitrogen and oxygen atoms in total. The van der Waals surface area contributed by atoms with Gasteiger partial charge < -0.3 is 0 Å². The first kappa shape index (κ1) is 14.7. The summed E-state index contributed by atoms with van der Waals surface area (Å²) in [6, 6.07) is 0. The molecule has 0 aliphatic heterocycles. The van der Waals surface area contributed by atoms with Gasteiger partial charge in [-0.25, -0.2) is 0 Å². The second-order valence-electron chi connectivity index (χ2n) is 4.96. The summed E-state index contributed by atoms with van der Waals surface area (Å²) >= 11 is 0. The van der Waals surface area contributed by atoms with Crippen molar-refractivity contribution in [1.29, 1.82) is 0 Å². The van der Waals surface area contributed by atoms with Crippen molar-refractivity contribution in [1.82, 2.24) is 0 Å². The van der Waals surface area contributed by atoms with Crippen molar-refractivity contribution in [3.05, 3.63) is 11.1 Å². The molecule has 0 aromatic heterocycles. The SMILES string of the molecule is CCCCCC(C)C(C)=C(C)CCCC. The third-order valence-electron chi connectivity index (χ3n) is 3.56. The fourth-order valence-corrected chi connectivity index (χ4v) is 1.98.